The fraction of sp³-hybridized carbons (Fsp3) is 0.167. The molecule has 3 aromatic carbocycles. The minimum Gasteiger partial charge on any atom is -0.378 e. The largest absolute Gasteiger partial charge is 0.416 e. The highest BCUT2D eigenvalue weighted by molar-refractivity contribution is 5.90. The van der Waals surface area contributed by atoms with Gasteiger partial charge in [-0.2, -0.15) is 13.2 Å². The van der Waals surface area contributed by atoms with E-state index >= 15 is 0 Å². The first-order chi connectivity index (χ1) is 15.2. The molecule has 0 aromatic heterocycles. The number of alkyl halides is 3. The zero-order valence-corrected chi connectivity index (χ0v) is 16.8. The van der Waals surface area contributed by atoms with Crippen LogP contribution in [0, 0.1) is 0 Å². The molecule has 0 spiro atoms. The lowest BCUT2D eigenvalue weighted by Crippen LogP contribution is -2.49. The number of hydrogen-bond acceptors (Lipinski definition) is 3. The molecule has 0 unspecified atom stereocenters. The van der Waals surface area contributed by atoms with E-state index in [1.165, 1.54) is 0 Å². The monoisotopic (exact) mass is 442 g/mol. The van der Waals surface area contributed by atoms with Crippen molar-refractivity contribution < 1.29 is 27.9 Å². The van der Waals surface area contributed by atoms with E-state index in [1.807, 2.05) is 0 Å². The minimum atomic E-state index is -4.54. The van der Waals surface area contributed by atoms with E-state index in [4.69, 9.17) is 5.73 Å². The van der Waals surface area contributed by atoms with E-state index in [0.29, 0.717) is 11.1 Å². The van der Waals surface area contributed by atoms with Crippen molar-refractivity contribution in [2.45, 2.75) is 24.2 Å². The van der Waals surface area contributed by atoms with Gasteiger partial charge in [0, 0.05) is 5.92 Å². The van der Waals surface area contributed by atoms with Gasteiger partial charge in [-0.3, -0.25) is 9.59 Å². The second-order valence-electron chi connectivity index (χ2n) is 7.21. The standard InChI is InChI=1S/C24H21F3N2O3/c25-24(26,27)18-13-11-17(12-14-18)21(30)23(32)29-20(22(28)31)19(15-7-3-1-4-8-15)16-9-5-2-6-10-16/h1-14,19-21,30H,(H2,28,31)(H,29,32)/t20-,21+/m0/s1. The Morgan fingerprint density at radius 1 is 0.781 bits per heavy atom. The lowest BCUT2D eigenvalue weighted by molar-refractivity contribution is -0.137. The molecule has 4 N–H and O–H groups in total. The second kappa shape index (κ2) is 9.65. The molecule has 0 aliphatic rings. The molecule has 5 nitrogen and oxygen atoms in total. The van der Waals surface area contributed by atoms with Crippen LogP contribution in [0.25, 0.3) is 0 Å². The van der Waals surface area contributed by atoms with E-state index < -0.39 is 41.6 Å². The van der Waals surface area contributed by atoms with Crippen molar-refractivity contribution in [2.75, 3.05) is 0 Å². The molecule has 0 radical (unpaired) electrons. The summed E-state index contributed by atoms with van der Waals surface area (Å²) in [7, 11) is 0. The van der Waals surface area contributed by atoms with E-state index in [2.05, 4.69) is 5.32 Å². The summed E-state index contributed by atoms with van der Waals surface area (Å²) < 4.78 is 38.3. The fourth-order valence-electron chi connectivity index (χ4n) is 3.45. The molecular formula is C24H21F3N2O3. The van der Waals surface area contributed by atoms with Crippen molar-refractivity contribution in [2.24, 2.45) is 5.73 Å². The highest BCUT2D eigenvalue weighted by Gasteiger charge is 2.34. The summed E-state index contributed by atoms with van der Waals surface area (Å²) >= 11 is 0. The average Bonchev–Trinajstić information content (AvgIpc) is 2.79. The van der Waals surface area contributed by atoms with Crippen LogP contribution < -0.4 is 11.1 Å². The number of halogens is 3. The first kappa shape index (κ1) is 23.0. The van der Waals surface area contributed by atoms with Gasteiger partial charge in [0.05, 0.1) is 5.56 Å². The van der Waals surface area contributed by atoms with Gasteiger partial charge in [-0.15, -0.1) is 0 Å². The van der Waals surface area contributed by atoms with Crippen LogP contribution in [0.3, 0.4) is 0 Å². The zero-order chi connectivity index (χ0) is 23.3. The number of aliphatic hydroxyl groups excluding tert-OH is 1. The Kier molecular flexibility index (Phi) is 6.95. The smallest absolute Gasteiger partial charge is 0.378 e. The third-order valence-electron chi connectivity index (χ3n) is 5.06. The molecule has 0 aliphatic carbocycles. The third kappa shape index (κ3) is 5.33. The number of amides is 2. The molecule has 0 bridgehead atoms. The maximum Gasteiger partial charge on any atom is 0.416 e. The summed E-state index contributed by atoms with van der Waals surface area (Å²) in [6.07, 6.45) is -6.33. The van der Waals surface area contributed by atoms with Gasteiger partial charge >= 0.3 is 6.18 Å². The van der Waals surface area contributed by atoms with Crippen molar-refractivity contribution >= 4 is 11.8 Å². The Balaban J connectivity index is 1.88. The Hall–Kier alpha value is -3.65. The summed E-state index contributed by atoms with van der Waals surface area (Å²) in [6.45, 7) is 0. The number of carbonyl (C=O) groups is 2. The minimum absolute atomic E-state index is 0.0466. The Morgan fingerprint density at radius 3 is 1.66 bits per heavy atom. The number of carbonyl (C=O) groups excluding carboxylic acids is 2. The summed E-state index contributed by atoms with van der Waals surface area (Å²) in [6, 6.07) is 20.2. The summed E-state index contributed by atoms with van der Waals surface area (Å²) in [4.78, 5) is 25.1. The first-order valence-electron chi connectivity index (χ1n) is 9.73. The number of rotatable bonds is 7. The lowest BCUT2D eigenvalue weighted by Gasteiger charge is -2.27. The van der Waals surface area contributed by atoms with Crippen LogP contribution in [0.2, 0.25) is 0 Å². The van der Waals surface area contributed by atoms with Crippen molar-refractivity contribution in [3.05, 3.63) is 107 Å². The molecule has 166 valence electrons. The average molecular weight is 442 g/mol. The molecule has 0 saturated heterocycles. The van der Waals surface area contributed by atoms with Crippen LogP contribution in [0.1, 0.15) is 34.3 Å². The van der Waals surface area contributed by atoms with Gasteiger partial charge in [0.15, 0.2) is 6.10 Å². The van der Waals surface area contributed by atoms with E-state index in [1.54, 1.807) is 60.7 Å². The van der Waals surface area contributed by atoms with Crippen LogP contribution in [0.15, 0.2) is 84.9 Å². The van der Waals surface area contributed by atoms with Crippen LogP contribution in [0.4, 0.5) is 13.2 Å². The quantitative estimate of drug-likeness (QED) is 0.523. The van der Waals surface area contributed by atoms with Crippen LogP contribution in [-0.2, 0) is 15.8 Å². The van der Waals surface area contributed by atoms with Gasteiger partial charge in [-0.05, 0) is 28.8 Å². The molecule has 0 heterocycles. The second-order valence-corrected chi connectivity index (χ2v) is 7.21. The van der Waals surface area contributed by atoms with Crippen molar-refractivity contribution in [1.82, 2.24) is 5.32 Å². The number of primary amides is 1. The normalized spacial score (nSPS) is 13.4. The Morgan fingerprint density at radius 2 is 1.25 bits per heavy atom. The summed E-state index contributed by atoms with van der Waals surface area (Å²) in [5.41, 5.74) is 6.08. The molecule has 0 aliphatic heterocycles. The zero-order valence-electron chi connectivity index (χ0n) is 16.8. The maximum atomic E-state index is 12.8. The molecule has 3 rings (SSSR count). The molecule has 3 aromatic rings. The number of hydrogen-bond donors (Lipinski definition) is 3. The SMILES string of the molecule is NC(=O)[C@@H](NC(=O)[C@H](O)c1ccc(C(F)(F)F)cc1)C(c1ccccc1)c1ccccc1. The molecule has 0 fully saturated rings. The number of nitrogens with one attached hydrogen (secondary N) is 1. The fourth-order valence-corrected chi connectivity index (χ4v) is 3.45. The predicted octanol–water partition coefficient (Wildman–Crippen LogP) is 3.54. The first-order valence-corrected chi connectivity index (χ1v) is 9.73. The van der Waals surface area contributed by atoms with Crippen molar-refractivity contribution in [3.63, 3.8) is 0 Å². The van der Waals surface area contributed by atoms with Gasteiger partial charge in [0.25, 0.3) is 5.91 Å². The van der Waals surface area contributed by atoms with Crippen molar-refractivity contribution in [3.8, 4) is 0 Å². The summed E-state index contributed by atoms with van der Waals surface area (Å²) in [5.74, 6) is -2.42. The van der Waals surface area contributed by atoms with E-state index in [0.717, 1.165) is 24.3 Å². The lowest BCUT2D eigenvalue weighted by atomic mass is 9.84. The predicted molar refractivity (Wildman–Crippen MR) is 112 cm³/mol. The van der Waals surface area contributed by atoms with Crippen LogP contribution >= 0.6 is 0 Å². The van der Waals surface area contributed by atoms with E-state index in [9.17, 15) is 27.9 Å². The number of aliphatic hydroxyl groups is 1. The van der Waals surface area contributed by atoms with Crippen molar-refractivity contribution in [1.29, 1.82) is 0 Å². The Labute approximate surface area is 182 Å². The molecule has 2 atom stereocenters. The van der Waals surface area contributed by atoms with Gasteiger partial charge in [-0.1, -0.05) is 72.8 Å². The van der Waals surface area contributed by atoms with Gasteiger partial charge < -0.3 is 16.2 Å². The molecule has 2 amide bonds. The molecule has 0 saturated carbocycles. The Bertz CT molecular complexity index is 1020. The maximum absolute atomic E-state index is 12.8. The number of benzene rings is 3. The van der Waals surface area contributed by atoms with Gasteiger partial charge in [0.1, 0.15) is 6.04 Å². The van der Waals surface area contributed by atoms with Crippen LogP contribution in [0.5, 0.6) is 0 Å². The van der Waals surface area contributed by atoms with Gasteiger partial charge in [-0.25, -0.2) is 0 Å². The van der Waals surface area contributed by atoms with Crippen LogP contribution in [-0.4, -0.2) is 23.0 Å². The molecule has 32 heavy (non-hydrogen) atoms. The molecule has 8 heteroatoms. The number of nitrogens with two attached hydrogens (primary N) is 1. The molecular weight excluding hydrogens is 421 g/mol. The highest BCUT2D eigenvalue weighted by Crippen LogP contribution is 2.31. The highest BCUT2D eigenvalue weighted by atomic mass is 19.4. The topological polar surface area (TPSA) is 92.4 Å². The summed E-state index contributed by atoms with van der Waals surface area (Å²) in [5, 5.41) is 12.9. The van der Waals surface area contributed by atoms with Gasteiger partial charge in [0.2, 0.25) is 5.91 Å². The third-order valence-corrected chi connectivity index (χ3v) is 5.06. The van der Waals surface area contributed by atoms with E-state index in [-0.39, 0.29) is 5.56 Å².